The van der Waals surface area contributed by atoms with Crippen molar-refractivity contribution in [1.82, 2.24) is 9.97 Å². The van der Waals surface area contributed by atoms with Crippen LogP contribution in [0.3, 0.4) is 0 Å². The van der Waals surface area contributed by atoms with Gasteiger partial charge in [0.25, 0.3) is 0 Å². The summed E-state index contributed by atoms with van der Waals surface area (Å²) in [5.74, 6) is -1.66. The van der Waals surface area contributed by atoms with Crippen LogP contribution in [0, 0.1) is 12.8 Å². The molecule has 0 aliphatic heterocycles. The van der Waals surface area contributed by atoms with Gasteiger partial charge in [-0.15, -0.1) is 0 Å². The fourth-order valence-electron chi connectivity index (χ4n) is 0.927. The van der Waals surface area contributed by atoms with Gasteiger partial charge in [0.2, 0.25) is 0 Å². The van der Waals surface area contributed by atoms with Crippen molar-refractivity contribution in [2.24, 2.45) is 11.7 Å². The summed E-state index contributed by atoms with van der Waals surface area (Å²) in [5, 5.41) is 0.341. The van der Waals surface area contributed by atoms with E-state index in [2.05, 4.69) is 9.97 Å². The number of aromatic nitrogens is 2. The zero-order valence-corrected chi connectivity index (χ0v) is 9.48. The summed E-state index contributed by atoms with van der Waals surface area (Å²) in [5.41, 5.74) is 5.94. The van der Waals surface area contributed by atoms with E-state index in [1.54, 1.807) is 12.4 Å². The molecule has 0 saturated carbocycles. The van der Waals surface area contributed by atoms with Gasteiger partial charge in [-0.1, -0.05) is 11.8 Å². The van der Waals surface area contributed by atoms with Crippen LogP contribution in [0.5, 0.6) is 0 Å². The molecule has 1 heterocycles. The lowest BCUT2D eigenvalue weighted by Crippen LogP contribution is -2.32. The van der Waals surface area contributed by atoms with E-state index in [4.69, 9.17) is 5.73 Å². The van der Waals surface area contributed by atoms with Gasteiger partial charge in [-0.2, -0.15) is 13.2 Å². The summed E-state index contributed by atoms with van der Waals surface area (Å²) in [4.78, 5) is 7.82. The molecule has 0 amide bonds. The summed E-state index contributed by atoms with van der Waals surface area (Å²) in [6, 6.07) is 0. The maximum atomic E-state index is 12.4. The standard InChI is InChI=1S/C9H12F3N3S/c1-6-3-14-8(15-4-6)16-5-7(2-13)9(10,11)12/h3-4,7H,2,5,13H2,1H3. The second-order valence-corrected chi connectivity index (χ2v) is 4.32. The number of alkyl halides is 3. The van der Waals surface area contributed by atoms with Gasteiger partial charge in [0, 0.05) is 24.7 Å². The first-order valence-corrected chi connectivity index (χ1v) is 5.60. The fraction of sp³-hybridized carbons (Fsp3) is 0.556. The number of hydrogen-bond donors (Lipinski definition) is 1. The molecule has 3 nitrogen and oxygen atoms in total. The van der Waals surface area contributed by atoms with Gasteiger partial charge >= 0.3 is 6.18 Å². The van der Waals surface area contributed by atoms with Crippen LogP contribution >= 0.6 is 11.8 Å². The Balaban J connectivity index is 2.53. The lowest BCUT2D eigenvalue weighted by atomic mass is 10.2. The van der Waals surface area contributed by atoms with E-state index < -0.39 is 18.6 Å². The SMILES string of the molecule is Cc1cnc(SCC(CN)C(F)(F)F)nc1. The molecule has 7 heteroatoms. The van der Waals surface area contributed by atoms with Crippen LogP contribution in [0.25, 0.3) is 0 Å². The Morgan fingerprint density at radius 1 is 1.38 bits per heavy atom. The van der Waals surface area contributed by atoms with E-state index in [0.29, 0.717) is 5.16 Å². The lowest BCUT2D eigenvalue weighted by Gasteiger charge is -2.17. The normalized spacial score (nSPS) is 13.8. The minimum Gasteiger partial charge on any atom is -0.330 e. The van der Waals surface area contributed by atoms with Crippen molar-refractivity contribution in [3.8, 4) is 0 Å². The second-order valence-electron chi connectivity index (χ2n) is 3.33. The topological polar surface area (TPSA) is 51.8 Å². The molecule has 0 aliphatic rings. The first kappa shape index (κ1) is 13.2. The van der Waals surface area contributed by atoms with Crippen LogP contribution in [0.4, 0.5) is 13.2 Å². The molecule has 0 radical (unpaired) electrons. The molecule has 0 fully saturated rings. The van der Waals surface area contributed by atoms with Crippen molar-refractivity contribution >= 4 is 11.8 Å². The van der Waals surface area contributed by atoms with Crippen molar-refractivity contribution in [3.05, 3.63) is 18.0 Å². The van der Waals surface area contributed by atoms with Crippen molar-refractivity contribution < 1.29 is 13.2 Å². The van der Waals surface area contributed by atoms with Gasteiger partial charge < -0.3 is 5.73 Å². The third-order valence-electron chi connectivity index (χ3n) is 1.92. The highest BCUT2D eigenvalue weighted by atomic mass is 32.2. The molecule has 1 atom stereocenters. The highest BCUT2D eigenvalue weighted by molar-refractivity contribution is 7.99. The summed E-state index contributed by atoms with van der Waals surface area (Å²) >= 11 is 0.966. The highest BCUT2D eigenvalue weighted by Gasteiger charge is 2.38. The molecule has 2 N–H and O–H groups in total. The zero-order chi connectivity index (χ0) is 12.2. The Labute approximate surface area is 95.7 Å². The summed E-state index contributed by atoms with van der Waals surface area (Å²) < 4.78 is 37.1. The molecule has 16 heavy (non-hydrogen) atoms. The number of nitrogens with zero attached hydrogens (tertiary/aromatic N) is 2. The molecule has 90 valence electrons. The molecule has 1 unspecified atom stereocenters. The number of thioether (sulfide) groups is 1. The predicted octanol–water partition coefficient (Wildman–Crippen LogP) is 2.01. The van der Waals surface area contributed by atoms with Crippen LogP contribution < -0.4 is 5.73 Å². The second kappa shape index (κ2) is 5.49. The zero-order valence-electron chi connectivity index (χ0n) is 8.66. The Hall–Kier alpha value is -0.820. The first-order valence-electron chi connectivity index (χ1n) is 4.61. The first-order chi connectivity index (χ1) is 7.43. The number of halogens is 3. The Bertz CT molecular complexity index is 326. The average molecular weight is 251 g/mol. The van der Waals surface area contributed by atoms with Crippen molar-refractivity contribution in [2.75, 3.05) is 12.3 Å². The monoisotopic (exact) mass is 251 g/mol. The molecule has 0 bridgehead atoms. The Morgan fingerprint density at radius 2 is 1.94 bits per heavy atom. The van der Waals surface area contributed by atoms with E-state index in [9.17, 15) is 13.2 Å². The number of aryl methyl sites for hydroxylation is 1. The van der Waals surface area contributed by atoms with Gasteiger partial charge in [0.1, 0.15) is 0 Å². The van der Waals surface area contributed by atoms with Gasteiger partial charge in [-0.05, 0) is 12.5 Å². The van der Waals surface area contributed by atoms with Gasteiger partial charge in [-0.3, -0.25) is 0 Å². The molecule has 0 aliphatic carbocycles. The minimum atomic E-state index is -4.26. The smallest absolute Gasteiger partial charge is 0.330 e. The Kier molecular flexibility index (Phi) is 4.55. The van der Waals surface area contributed by atoms with Crippen LogP contribution in [-0.4, -0.2) is 28.4 Å². The van der Waals surface area contributed by atoms with Gasteiger partial charge in [-0.25, -0.2) is 9.97 Å². The number of nitrogens with two attached hydrogens (primary N) is 1. The molecule has 0 saturated heterocycles. The fourth-order valence-corrected chi connectivity index (χ4v) is 1.86. The third kappa shape index (κ3) is 3.97. The van der Waals surface area contributed by atoms with Crippen molar-refractivity contribution in [3.63, 3.8) is 0 Å². The van der Waals surface area contributed by atoms with Gasteiger partial charge in [0.15, 0.2) is 5.16 Å². The highest BCUT2D eigenvalue weighted by Crippen LogP contribution is 2.29. The predicted molar refractivity (Wildman–Crippen MR) is 56.1 cm³/mol. The molecule has 0 spiro atoms. The molecular formula is C9H12F3N3S. The van der Waals surface area contributed by atoms with Crippen molar-refractivity contribution in [1.29, 1.82) is 0 Å². The van der Waals surface area contributed by atoms with E-state index in [-0.39, 0.29) is 5.75 Å². The summed E-state index contributed by atoms with van der Waals surface area (Å²) in [6.45, 7) is 1.40. The van der Waals surface area contributed by atoms with Crippen molar-refractivity contribution in [2.45, 2.75) is 18.3 Å². The summed E-state index contributed by atoms with van der Waals surface area (Å²) in [7, 11) is 0. The molecule has 1 aromatic rings. The maximum Gasteiger partial charge on any atom is 0.393 e. The quantitative estimate of drug-likeness (QED) is 0.657. The summed E-state index contributed by atoms with van der Waals surface area (Å²) in [6.07, 6.45) is -1.12. The van der Waals surface area contributed by atoms with Crippen LogP contribution in [-0.2, 0) is 0 Å². The van der Waals surface area contributed by atoms with E-state index >= 15 is 0 Å². The van der Waals surface area contributed by atoms with Crippen LogP contribution in [0.2, 0.25) is 0 Å². The lowest BCUT2D eigenvalue weighted by molar-refractivity contribution is -0.165. The Morgan fingerprint density at radius 3 is 2.38 bits per heavy atom. The number of rotatable bonds is 4. The van der Waals surface area contributed by atoms with E-state index in [0.717, 1.165) is 17.3 Å². The minimum absolute atomic E-state index is 0.150. The van der Waals surface area contributed by atoms with E-state index in [1.807, 2.05) is 6.92 Å². The van der Waals surface area contributed by atoms with E-state index in [1.165, 1.54) is 0 Å². The maximum absolute atomic E-state index is 12.4. The van der Waals surface area contributed by atoms with Crippen LogP contribution in [0.15, 0.2) is 17.6 Å². The van der Waals surface area contributed by atoms with Crippen LogP contribution in [0.1, 0.15) is 5.56 Å². The third-order valence-corrected chi connectivity index (χ3v) is 2.96. The molecule has 0 aromatic carbocycles. The largest absolute Gasteiger partial charge is 0.393 e. The molecule has 1 rings (SSSR count). The average Bonchev–Trinajstić information content (AvgIpc) is 2.19. The molecule has 1 aromatic heterocycles. The number of hydrogen-bond acceptors (Lipinski definition) is 4. The molecular weight excluding hydrogens is 239 g/mol. The van der Waals surface area contributed by atoms with Gasteiger partial charge in [0.05, 0.1) is 5.92 Å².